The van der Waals surface area contributed by atoms with Crippen molar-refractivity contribution < 1.29 is 34.1 Å². The Hall–Kier alpha value is -3.81. The van der Waals surface area contributed by atoms with E-state index in [0.717, 1.165) is 0 Å². The minimum atomic E-state index is -0.867. The van der Waals surface area contributed by atoms with Crippen LogP contribution in [0.2, 0.25) is 0 Å². The van der Waals surface area contributed by atoms with Gasteiger partial charge in [0.2, 0.25) is 0 Å². The molecule has 1 atom stereocenters. The number of Topliss-reactive ketones (excluding diaryl/α,β-unsaturated/α-hetero) is 1. The van der Waals surface area contributed by atoms with Gasteiger partial charge in [0.15, 0.2) is 0 Å². The molecule has 2 aromatic carbocycles. The summed E-state index contributed by atoms with van der Waals surface area (Å²) in [6.45, 7) is 0.264. The van der Waals surface area contributed by atoms with Gasteiger partial charge in [0.05, 0.1) is 25.8 Å². The van der Waals surface area contributed by atoms with Crippen molar-refractivity contribution in [2.24, 2.45) is 0 Å². The van der Waals surface area contributed by atoms with E-state index in [1.807, 2.05) is 0 Å². The average molecular weight is 453 g/mol. The molecule has 0 bridgehead atoms. The number of methoxy groups -OCH3 is 2. The van der Waals surface area contributed by atoms with Gasteiger partial charge in [0, 0.05) is 18.5 Å². The maximum Gasteiger partial charge on any atom is 0.303 e. The number of carboxylic acid groups (broad SMARTS) is 1. The number of carboxylic acids is 1. The van der Waals surface area contributed by atoms with Crippen molar-refractivity contribution >= 4 is 23.4 Å². The molecule has 1 aliphatic rings. The van der Waals surface area contributed by atoms with E-state index in [1.165, 1.54) is 12.0 Å². The van der Waals surface area contributed by atoms with Crippen molar-refractivity contribution in [2.45, 2.75) is 31.7 Å². The zero-order valence-corrected chi connectivity index (χ0v) is 18.6. The van der Waals surface area contributed by atoms with E-state index >= 15 is 0 Å². The van der Waals surface area contributed by atoms with Crippen LogP contribution in [-0.2, 0) is 14.4 Å². The molecule has 2 N–H and O–H groups in total. The van der Waals surface area contributed by atoms with Gasteiger partial charge in [-0.2, -0.15) is 0 Å². The van der Waals surface area contributed by atoms with E-state index < -0.39 is 23.7 Å². The fraction of sp³-hybridized carbons (Fsp3) is 0.320. The molecule has 0 spiro atoms. The van der Waals surface area contributed by atoms with Crippen molar-refractivity contribution in [3.05, 3.63) is 65.2 Å². The van der Waals surface area contributed by atoms with Crippen molar-refractivity contribution in [3.8, 4) is 11.5 Å². The number of amides is 1. The lowest BCUT2D eigenvalue weighted by Crippen LogP contribution is -2.30. The summed E-state index contributed by atoms with van der Waals surface area (Å²) in [7, 11) is 3.07. The maximum absolute atomic E-state index is 13.0. The van der Waals surface area contributed by atoms with Crippen LogP contribution in [0.15, 0.2) is 54.1 Å². The summed E-state index contributed by atoms with van der Waals surface area (Å²) in [6, 6.07) is 12.8. The number of ketones is 1. The summed E-state index contributed by atoms with van der Waals surface area (Å²) < 4.78 is 10.4. The predicted molar refractivity (Wildman–Crippen MR) is 121 cm³/mol. The molecule has 1 heterocycles. The molecular weight excluding hydrogens is 426 g/mol. The maximum atomic E-state index is 13.0. The SMILES string of the molecule is COc1ccc(C(O)=C2C(=O)C(=O)N(CCCCCC(=O)O)[C@@H]2c2ccc(OC)cc2)cc1. The van der Waals surface area contributed by atoms with E-state index in [2.05, 4.69) is 0 Å². The molecule has 0 radical (unpaired) electrons. The Morgan fingerprint density at radius 3 is 2.00 bits per heavy atom. The van der Waals surface area contributed by atoms with Crippen molar-refractivity contribution in [3.63, 3.8) is 0 Å². The van der Waals surface area contributed by atoms with E-state index in [9.17, 15) is 19.5 Å². The second-order valence-corrected chi connectivity index (χ2v) is 7.70. The predicted octanol–water partition coefficient (Wildman–Crippen LogP) is 3.77. The van der Waals surface area contributed by atoms with Crippen LogP contribution in [0.5, 0.6) is 11.5 Å². The highest BCUT2D eigenvalue weighted by atomic mass is 16.5. The minimum Gasteiger partial charge on any atom is -0.507 e. The first-order chi connectivity index (χ1) is 15.9. The molecule has 0 unspecified atom stereocenters. The van der Waals surface area contributed by atoms with Crippen LogP contribution < -0.4 is 9.47 Å². The molecule has 0 aliphatic carbocycles. The highest BCUT2D eigenvalue weighted by molar-refractivity contribution is 6.46. The Morgan fingerprint density at radius 1 is 0.879 bits per heavy atom. The lowest BCUT2D eigenvalue weighted by molar-refractivity contribution is -0.140. The molecule has 1 aliphatic heterocycles. The number of carbonyl (C=O) groups excluding carboxylic acids is 2. The quantitative estimate of drug-likeness (QED) is 0.244. The van der Waals surface area contributed by atoms with Crippen LogP contribution in [0.4, 0.5) is 0 Å². The first kappa shape index (κ1) is 23.8. The summed E-state index contributed by atoms with van der Waals surface area (Å²) in [4.78, 5) is 38.1. The van der Waals surface area contributed by atoms with Crippen molar-refractivity contribution in [2.75, 3.05) is 20.8 Å². The number of hydrogen-bond donors (Lipinski definition) is 2. The Bertz CT molecular complexity index is 1040. The van der Waals surface area contributed by atoms with Crippen LogP contribution >= 0.6 is 0 Å². The molecule has 1 saturated heterocycles. The monoisotopic (exact) mass is 453 g/mol. The minimum absolute atomic E-state index is 0.0147. The lowest BCUT2D eigenvalue weighted by atomic mass is 9.95. The third kappa shape index (κ3) is 5.34. The second kappa shape index (κ2) is 10.7. The van der Waals surface area contributed by atoms with Gasteiger partial charge in [-0.15, -0.1) is 0 Å². The first-order valence-electron chi connectivity index (χ1n) is 10.7. The van der Waals surface area contributed by atoms with E-state index in [1.54, 1.807) is 55.6 Å². The number of likely N-dealkylation sites (tertiary alicyclic amines) is 1. The molecule has 2 aromatic rings. The highest BCUT2D eigenvalue weighted by Gasteiger charge is 2.45. The number of hydrogen-bond acceptors (Lipinski definition) is 6. The summed E-state index contributed by atoms with van der Waals surface area (Å²) >= 11 is 0. The molecular formula is C25H27NO7. The smallest absolute Gasteiger partial charge is 0.303 e. The van der Waals surface area contributed by atoms with Gasteiger partial charge >= 0.3 is 5.97 Å². The number of rotatable bonds is 10. The zero-order valence-electron chi connectivity index (χ0n) is 18.6. The van der Waals surface area contributed by atoms with Crippen molar-refractivity contribution in [1.29, 1.82) is 0 Å². The van der Waals surface area contributed by atoms with Gasteiger partial charge in [-0.25, -0.2) is 0 Å². The fourth-order valence-electron chi connectivity index (χ4n) is 3.88. The first-order valence-corrected chi connectivity index (χ1v) is 10.7. The number of aliphatic hydroxyl groups is 1. The summed E-state index contributed by atoms with van der Waals surface area (Å²) in [6.07, 6.45) is 1.68. The number of aliphatic carboxylic acids is 1. The van der Waals surface area contributed by atoms with Crippen LogP contribution in [0, 0.1) is 0 Å². The number of benzene rings is 2. The average Bonchev–Trinajstić information content (AvgIpc) is 3.08. The van der Waals surface area contributed by atoms with E-state index in [4.69, 9.17) is 14.6 Å². The van der Waals surface area contributed by atoms with Gasteiger partial charge in [-0.05, 0) is 54.8 Å². The Kier molecular flexibility index (Phi) is 7.71. The van der Waals surface area contributed by atoms with Gasteiger partial charge in [0.25, 0.3) is 11.7 Å². The normalized spacial score (nSPS) is 17.3. The Morgan fingerprint density at radius 2 is 1.45 bits per heavy atom. The standard InChI is InChI=1S/C25H27NO7/c1-32-18-11-7-16(8-12-18)22-21(23(29)17-9-13-19(33-2)14-10-17)24(30)25(31)26(22)15-5-3-4-6-20(27)28/h7-14,22,29H,3-6,15H2,1-2H3,(H,27,28)/t22-/m1/s1. The van der Waals surface area contributed by atoms with Gasteiger partial charge < -0.3 is 24.6 Å². The lowest BCUT2D eigenvalue weighted by Gasteiger charge is -2.25. The largest absolute Gasteiger partial charge is 0.507 e. The number of unbranched alkanes of at least 4 members (excludes halogenated alkanes) is 2. The second-order valence-electron chi connectivity index (χ2n) is 7.70. The van der Waals surface area contributed by atoms with Crippen LogP contribution in [-0.4, -0.2) is 53.5 Å². The molecule has 1 fully saturated rings. The number of ether oxygens (including phenoxy) is 2. The number of carbonyl (C=O) groups is 3. The van der Waals surface area contributed by atoms with Crippen LogP contribution in [0.25, 0.3) is 5.76 Å². The van der Waals surface area contributed by atoms with Gasteiger partial charge in [0.1, 0.15) is 17.3 Å². The van der Waals surface area contributed by atoms with E-state index in [-0.39, 0.29) is 24.3 Å². The zero-order chi connectivity index (χ0) is 24.0. The molecule has 174 valence electrons. The molecule has 0 aromatic heterocycles. The Labute approximate surface area is 192 Å². The van der Waals surface area contributed by atoms with Crippen LogP contribution in [0.1, 0.15) is 42.9 Å². The molecule has 33 heavy (non-hydrogen) atoms. The fourth-order valence-corrected chi connectivity index (χ4v) is 3.88. The summed E-state index contributed by atoms with van der Waals surface area (Å²) in [5.41, 5.74) is 1.07. The molecule has 8 nitrogen and oxygen atoms in total. The number of nitrogens with zero attached hydrogens (tertiary/aromatic N) is 1. The van der Waals surface area contributed by atoms with Gasteiger partial charge in [-0.1, -0.05) is 18.6 Å². The topological polar surface area (TPSA) is 113 Å². The molecule has 0 saturated carbocycles. The highest BCUT2D eigenvalue weighted by Crippen LogP contribution is 2.40. The Balaban J connectivity index is 1.97. The van der Waals surface area contributed by atoms with Crippen molar-refractivity contribution in [1.82, 2.24) is 4.90 Å². The van der Waals surface area contributed by atoms with E-state index in [0.29, 0.717) is 41.9 Å². The molecule has 3 rings (SSSR count). The van der Waals surface area contributed by atoms with Gasteiger partial charge in [-0.3, -0.25) is 14.4 Å². The molecule has 8 heteroatoms. The third-order valence-corrected chi connectivity index (χ3v) is 5.62. The van der Waals surface area contributed by atoms with Crippen LogP contribution in [0.3, 0.4) is 0 Å². The summed E-state index contributed by atoms with van der Waals surface area (Å²) in [5, 5.41) is 19.9. The molecule has 1 amide bonds. The third-order valence-electron chi connectivity index (χ3n) is 5.62. The number of aliphatic hydroxyl groups excluding tert-OH is 1. The summed E-state index contributed by atoms with van der Waals surface area (Å²) in [5.74, 6) is -1.35.